The van der Waals surface area contributed by atoms with Gasteiger partial charge >= 0.3 is 0 Å². The summed E-state index contributed by atoms with van der Waals surface area (Å²) in [6.45, 7) is 1.01. The first-order chi connectivity index (χ1) is 7.58. The van der Waals surface area contributed by atoms with Gasteiger partial charge in [-0.15, -0.1) is 0 Å². The molecule has 2 amide bonds. The number of aliphatic hydroxyl groups is 2. The van der Waals surface area contributed by atoms with E-state index in [1.165, 1.54) is 9.80 Å². The van der Waals surface area contributed by atoms with Gasteiger partial charge in [0.1, 0.15) is 0 Å². The van der Waals surface area contributed by atoms with Gasteiger partial charge in [-0.1, -0.05) is 0 Å². The second kappa shape index (κ2) is 4.39. The molecule has 0 bridgehead atoms. The van der Waals surface area contributed by atoms with E-state index in [-0.39, 0.29) is 31.4 Å². The molecule has 2 atom stereocenters. The summed E-state index contributed by atoms with van der Waals surface area (Å²) >= 11 is 0. The second-order valence-corrected chi connectivity index (χ2v) is 4.35. The highest BCUT2D eigenvalue weighted by molar-refractivity contribution is 5.86. The van der Waals surface area contributed by atoms with Crippen molar-refractivity contribution in [3.8, 4) is 0 Å². The highest BCUT2D eigenvalue weighted by Gasteiger charge is 2.34. The highest BCUT2D eigenvalue weighted by atomic mass is 16.3. The third kappa shape index (κ3) is 2.17. The lowest BCUT2D eigenvalue weighted by Crippen LogP contribution is -2.40. The number of carbonyl (C=O) groups excluding carboxylic acids is 2. The predicted octanol–water partition coefficient (Wildman–Crippen LogP) is -1.83. The van der Waals surface area contributed by atoms with Crippen LogP contribution < -0.4 is 0 Å². The van der Waals surface area contributed by atoms with Crippen molar-refractivity contribution in [1.29, 1.82) is 0 Å². The summed E-state index contributed by atoms with van der Waals surface area (Å²) in [5.41, 5.74) is 0. The topological polar surface area (TPSA) is 81.1 Å². The predicted molar refractivity (Wildman–Crippen MR) is 54.4 cm³/mol. The lowest BCUT2D eigenvalue weighted by molar-refractivity contribution is -0.138. The largest absolute Gasteiger partial charge is 0.388 e. The van der Waals surface area contributed by atoms with Crippen molar-refractivity contribution >= 4 is 11.8 Å². The molecule has 2 heterocycles. The molecule has 0 aliphatic carbocycles. The number of amides is 2. The van der Waals surface area contributed by atoms with Gasteiger partial charge < -0.3 is 20.0 Å². The molecule has 90 valence electrons. The van der Waals surface area contributed by atoms with E-state index < -0.39 is 12.2 Å². The van der Waals surface area contributed by atoms with Crippen molar-refractivity contribution in [2.45, 2.75) is 25.0 Å². The standard InChI is InChI=1S/C10H16N2O4/c13-7-4-12(5-8(7)14)10(16)6-11-3-1-2-9(11)15/h7-8,13-14H,1-6H2. The Kier molecular flexibility index (Phi) is 3.11. The van der Waals surface area contributed by atoms with E-state index in [1.54, 1.807) is 0 Å². The maximum Gasteiger partial charge on any atom is 0.242 e. The van der Waals surface area contributed by atoms with Crippen molar-refractivity contribution in [3.63, 3.8) is 0 Å². The summed E-state index contributed by atoms with van der Waals surface area (Å²) in [6, 6.07) is 0. The van der Waals surface area contributed by atoms with Crippen molar-refractivity contribution < 1.29 is 19.8 Å². The molecule has 2 rings (SSSR count). The van der Waals surface area contributed by atoms with E-state index >= 15 is 0 Å². The average molecular weight is 228 g/mol. The lowest BCUT2D eigenvalue weighted by atomic mass is 10.3. The van der Waals surface area contributed by atoms with Crippen LogP contribution in [0, 0.1) is 0 Å². The number of hydrogen-bond donors (Lipinski definition) is 2. The highest BCUT2D eigenvalue weighted by Crippen LogP contribution is 2.13. The monoisotopic (exact) mass is 228 g/mol. The Morgan fingerprint density at radius 3 is 2.44 bits per heavy atom. The third-order valence-electron chi connectivity index (χ3n) is 3.11. The molecule has 2 aliphatic rings. The zero-order chi connectivity index (χ0) is 11.7. The number of β-amino-alcohol motifs (C(OH)–C–C–N with tert-alkyl or cyclic N) is 2. The van der Waals surface area contributed by atoms with Crippen LogP contribution in [0.4, 0.5) is 0 Å². The zero-order valence-corrected chi connectivity index (χ0v) is 9.00. The van der Waals surface area contributed by atoms with Crippen LogP contribution in [0.25, 0.3) is 0 Å². The number of likely N-dealkylation sites (tertiary alicyclic amines) is 2. The molecular formula is C10H16N2O4. The quantitative estimate of drug-likeness (QED) is 0.582. The van der Waals surface area contributed by atoms with Gasteiger partial charge in [-0.3, -0.25) is 9.59 Å². The molecule has 0 aromatic heterocycles. The Labute approximate surface area is 93.4 Å². The number of nitrogens with zero attached hydrogens (tertiary/aromatic N) is 2. The maximum absolute atomic E-state index is 11.7. The number of aliphatic hydroxyl groups excluding tert-OH is 2. The zero-order valence-electron chi connectivity index (χ0n) is 9.00. The normalized spacial score (nSPS) is 30.2. The number of hydrogen-bond acceptors (Lipinski definition) is 4. The molecular weight excluding hydrogens is 212 g/mol. The van der Waals surface area contributed by atoms with Gasteiger partial charge in [0.25, 0.3) is 0 Å². The van der Waals surface area contributed by atoms with Crippen LogP contribution in [0.3, 0.4) is 0 Å². The fourth-order valence-corrected chi connectivity index (χ4v) is 2.11. The van der Waals surface area contributed by atoms with Crippen LogP contribution in [-0.4, -0.2) is 70.2 Å². The van der Waals surface area contributed by atoms with E-state index in [0.717, 1.165) is 6.42 Å². The minimum atomic E-state index is -0.863. The molecule has 6 nitrogen and oxygen atoms in total. The molecule has 0 aromatic carbocycles. The molecule has 6 heteroatoms. The Morgan fingerprint density at radius 2 is 1.94 bits per heavy atom. The fraction of sp³-hybridized carbons (Fsp3) is 0.800. The van der Waals surface area contributed by atoms with Crippen molar-refractivity contribution in [1.82, 2.24) is 9.80 Å². The minimum Gasteiger partial charge on any atom is -0.388 e. The average Bonchev–Trinajstić information content (AvgIpc) is 2.76. The molecule has 0 aromatic rings. The van der Waals surface area contributed by atoms with E-state index in [4.69, 9.17) is 0 Å². The van der Waals surface area contributed by atoms with Crippen LogP contribution in [0.5, 0.6) is 0 Å². The molecule has 2 saturated heterocycles. The molecule has 2 aliphatic heterocycles. The molecule has 0 spiro atoms. The lowest BCUT2D eigenvalue weighted by Gasteiger charge is -2.20. The minimum absolute atomic E-state index is 0.00800. The van der Waals surface area contributed by atoms with Crippen LogP contribution >= 0.6 is 0 Å². The van der Waals surface area contributed by atoms with Crippen molar-refractivity contribution in [2.75, 3.05) is 26.2 Å². The summed E-state index contributed by atoms with van der Waals surface area (Å²) in [5.74, 6) is -0.195. The fourth-order valence-electron chi connectivity index (χ4n) is 2.11. The van der Waals surface area contributed by atoms with Crippen LogP contribution in [-0.2, 0) is 9.59 Å². The molecule has 2 N–H and O–H groups in total. The maximum atomic E-state index is 11.7. The van der Waals surface area contributed by atoms with Gasteiger partial charge in [-0.25, -0.2) is 0 Å². The van der Waals surface area contributed by atoms with Crippen LogP contribution in [0.1, 0.15) is 12.8 Å². The van der Waals surface area contributed by atoms with E-state index in [9.17, 15) is 19.8 Å². The van der Waals surface area contributed by atoms with Gasteiger partial charge in [0.15, 0.2) is 0 Å². The van der Waals surface area contributed by atoms with Gasteiger partial charge in [-0.2, -0.15) is 0 Å². The first-order valence-corrected chi connectivity index (χ1v) is 5.49. The van der Waals surface area contributed by atoms with Gasteiger partial charge in [0, 0.05) is 26.1 Å². The third-order valence-corrected chi connectivity index (χ3v) is 3.11. The molecule has 0 radical (unpaired) electrons. The summed E-state index contributed by atoms with van der Waals surface area (Å²) < 4.78 is 0. The van der Waals surface area contributed by atoms with Gasteiger partial charge in [0.2, 0.25) is 11.8 Å². The van der Waals surface area contributed by atoms with E-state index in [2.05, 4.69) is 0 Å². The van der Waals surface area contributed by atoms with Crippen LogP contribution in [0.2, 0.25) is 0 Å². The molecule has 0 saturated carbocycles. The first kappa shape index (κ1) is 11.3. The summed E-state index contributed by atoms with van der Waals surface area (Å²) in [6.07, 6.45) is -0.410. The Morgan fingerprint density at radius 1 is 1.31 bits per heavy atom. The molecule has 2 fully saturated rings. The number of rotatable bonds is 2. The SMILES string of the molecule is O=C1CCCN1CC(=O)N1CC(O)C(O)C1. The van der Waals surface area contributed by atoms with Gasteiger partial charge in [-0.05, 0) is 6.42 Å². The second-order valence-electron chi connectivity index (χ2n) is 4.35. The Balaban J connectivity index is 1.86. The molecule has 16 heavy (non-hydrogen) atoms. The van der Waals surface area contributed by atoms with Crippen molar-refractivity contribution in [2.24, 2.45) is 0 Å². The summed E-state index contributed by atoms with van der Waals surface area (Å²) in [5, 5.41) is 18.6. The number of carbonyl (C=O) groups is 2. The first-order valence-electron chi connectivity index (χ1n) is 5.49. The Hall–Kier alpha value is -1.14. The van der Waals surface area contributed by atoms with Crippen molar-refractivity contribution in [3.05, 3.63) is 0 Å². The van der Waals surface area contributed by atoms with E-state index in [0.29, 0.717) is 13.0 Å². The van der Waals surface area contributed by atoms with Gasteiger partial charge in [0.05, 0.1) is 18.8 Å². The molecule has 2 unspecified atom stereocenters. The summed E-state index contributed by atoms with van der Waals surface area (Å²) in [7, 11) is 0. The van der Waals surface area contributed by atoms with E-state index in [1.807, 2.05) is 0 Å². The summed E-state index contributed by atoms with van der Waals surface area (Å²) in [4.78, 5) is 26.0. The van der Waals surface area contributed by atoms with Crippen LogP contribution in [0.15, 0.2) is 0 Å². The smallest absolute Gasteiger partial charge is 0.242 e. The Bertz CT molecular complexity index is 297.